The fourth-order valence-corrected chi connectivity index (χ4v) is 5.77. The van der Waals surface area contributed by atoms with E-state index in [4.69, 9.17) is 4.98 Å². The van der Waals surface area contributed by atoms with Crippen LogP contribution in [-0.4, -0.2) is 62.0 Å². The minimum Gasteiger partial charge on any atom is -0.481 e. The van der Waals surface area contributed by atoms with Crippen LogP contribution < -0.4 is 5.32 Å². The van der Waals surface area contributed by atoms with Gasteiger partial charge in [-0.15, -0.1) is 0 Å². The van der Waals surface area contributed by atoms with Gasteiger partial charge in [0.05, 0.1) is 24.4 Å². The van der Waals surface area contributed by atoms with Gasteiger partial charge in [0.25, 0.3) is 0 Å². The van der Waals surface area contributed by atoms with E-state index in [-0.39, 0.29) is 18.9 Å². The third-order valence-corrected chi connectivity index (χ3v) is 7.72. The van der Waals surface area contributed by atoms with Crippen LogP contribution in [0.1, 0.15) is 59.8 Å². The molecule has 1 saturated heterocycles. The van der Waals surface area contributed by atoms with E-state index >= 15 is 0 Å². The number of aryl methyl sites for hydroxylation is 3. The van der Waals surface area contributed by atoms with E-state index in [9.17, 15) is 15.0 Å². The summed E-state index contributed by atoms with van der Waals surface area (Å²) in [6.45, 7) is 5.58. The first kappa shape index (κ1) is 25.4. The number of carboxylic acid groups (broad SMARTS) is 1. The van der Waals surface area contributed by atoms with Crippen molar-refractivity contribution in [2.45, 2.75) is 58.0 Å². The molecule has 2 aromatic heterocycles. The Morgan fingerprint density at radius 1 is 1.22 bits per heavy atom. The number of aliphatic hydroxyl groups is 1. The van der Waals surface area contributed by atoms with E-state index < -0.39 is 5.97 Å². The molecule has 5 rings (SSSR count). The normalized spacial score (nSPS) is 18.4. The minimum atomic E-state index is -0.781. The Bertz CT molecular complexity index is 1240. The molecule has 0 radical (unpaired) electrons. The molecule has 1 unspecified atom stereocenters. The summed E-state index contributed by atoms with van der Waals surface area (Å²) < 4.78 is 1.81. The minimum absolute atomic E-state index is 0.0939. The Labute approximate surface area is 218 Å². The summed E-state index contributed by atoms with van der Waals surface area (Å²) in [5.41, 5.74) is 5.93. The largest absolute Gasteiger partial charge is 0.481 e. The Morgan fingerprint density at radius 2 is 2.11 bits per heavy atom. The van der Waals surface area contributed by atoms with Gasteiger partial charge in [0.15, 0.2) is 0 Å². The zero-order chi connectivity index (χ0) is 25.8. The summed E-state index contributed by atoms with van der Waals surface area (Å²) in [4.78, 5) is 19.0. The van der Waals surface area contributed by atoms with E-state index in [0.717, 1.165) is 80.3 Å². The molecule has 4 heterocycles. The molecular formula is C29H37N5O3. The summed E-state index contributed by atoms with van der Waals surface area (Å²) in [7, 11) is 0. The number of anilines is 1. The molecule has 1 fully saturated rings. The molecule has 196 valence electrons. The number of hydrogen-bond donors (Lipinski definition) is 3. The van der Waals surface area contributed by atoms with E-state index in [0.29, 0.717) is 11.6 Å². The maximum absolute atomic E-state index is 11.8. The summed E-state index contributed by atoms with van der Waals surface area (Å²) in [5, 5.41) is 27.0. The van der Waals surface area contributed by atoms with Crippen LogP contribution in [0.15, 0.2) is 42.5 Å². The third kappa shape index (κ3) is 6.19. The van der Waals surface area contributed by atoms with Crippen molar-refractivity contribution in [1.29, 1.82) is 0 Å². The molecule has 8 heteroatoms. The number of nitrogens with zero attached hydrogens (tertiary/aromatic N) is 4. The van der Waals surface area contributed by atoms with Crippen LogP contribution in [0.4, 0.5) is 5.82 Å². The number of likely N-dealkylation sites (tertiary alicyclic amines) is 1. The van der Waals surface area contributed by atoms with Gasteiger partial charge in [-0.3, -0.25) is 4.79 Å². The SMILES string of the molecule is Cc1cc(CO)nn1-c1cccc(C(CC(=O)O)CN2CC[C@@H](CCc3ccc4c(n3)NCCC4)C2)c1. The summed E-state index contributed by atoms with van der Waals surface area (Å²) in [5.74, 6) is 0.786. The molecule has 3 N–H and O–H groups in total. The van der Waals surface area contributed by atoms with Crippen LogP contribution in [0.25, 0.3) is 5.69 Å². The Balaban J connectivity index is 1.22. The lowest BCUT2D eigenvalue weighted by Crippen LogP contribution is -2.28. The topological polar surface area (TPSA) is 104 Å². The predicted octanol–water partition coefficient (Wildman–Crippen LogP) is 3.94. The molecule has 0 amide bonds. The lowest BCUT2D eigenvalue weighted by Gasteiger charge is -2.24. The first-order chi connectivity index (χ1) is 18.0. The maximum Gasteiger partial charge on any atom is 0.304 e. The monoisotopic (exact) mass is 503 g/mol. The molecular weight excluding hydrogens is 466 g/mol. The number of rotatable bonds is 10. The van der Waals surface area contributed by atoms with Crippen molar-refractivity contribution in [3.05, 3.63) is 70.7 Å². The van der Waals surface area contributed by atoms with Gasteiger partial charge in [-0.1, -0.05) is 18.2 Å². The number of aliphatic hydroxyl groups excluding tert-OH is 1. The van der Waals surface area contributed by atoms with E-state index in [1.807, 2.05) is 41.9 Å². The molecule has 2 aliphatic rings. The number of carboxylic acids is 1. The number of fused-ring (bicyclic) bond motifs is 1. The quantitative estimate of drug-likeness (QED) is 0.385. The molecule has 0 bridgehead atoms. The number of carbonyl (C=O) groups is 1. The second kappa shape index (κ2) is 11.4. The molecule has 1 aromatic carbocycles. The van der Waals surface area contributed by atoms with Gasteiger partial charge in [0, 0.05) is 36.9 Å². The Morgan fingerprint density at radius 3 is 2.92 bits per heavy atom. The number of aromatic nitrogens is 3. The first-order valence-electron chi connectivity index (χ1n) is 13.4. The predicted molar refractivity (Wildman–Crippen MR) is 143 cm³/mol. The highest BCUT2D eigenvalue weighted by Crippen LogP contribution is 2.29. The molecule has 0 spiro atoms. The number of pyridine rings is 1. The van der Waals surface area contributed by atoms with Crippen LogP contribution in [0.2, 0.25) is 0 Å². The van der Waals surface area contributed by atoms with Gasteiger partial charge >= 0.3 is 5.97 Å². The lowest BCUT2D eigenvalue weighted by atomic mass is 9.94. The highest BCUT2D eigenvalue weighted by Gasteiger charge is 2.27. The first-order valence-corrected chi connectivity index (χ1v) is 13.4. The molecule has 3 aromatic rings. The maximum atomic E-state index is 11.8. The zero-order valence-electron chi connectivity index (χ0n) is 21.6. The van der Waals surface area contributed by atoms with Crippen molar-refractivity contribution in [1.82, 2.24) is 19.7 Å². The third-order valence-electron chi connectivity index (χ3n) is 7.72. The molecule has 37 heavy (non-hydrogen) atoms. The van der Waals surface area contributed by atoms with Gasteiger partial charge in [-0.2, -0.15) is 5.10 Å². The summed E-state index contributed by atoms with van der Waals surface area (Å²) in [6.07, 6.45) is 5.60. The van der Waals surface area contributed by atoms with Crippen molar-refractivity contribution in [3.63, 3.8) is 0 Å². The van der Waals surface area contributed by atoms with Gasteiger partial charge < -0.3 is 20.4 Å². The highest BCUT2D eigenvalue weighted by molar-refractivity contribution is 5.68. The van der Waals surface area contributed by atoms with Crippen LogP contribution in [-0.2, 0) is 24.2 Å². The summed E-state index contributed by atoms with van der Waals surface area (Å²) >= 11 is 0. The van der Waals surface area contributed by atoms with E-state index in [2.05, 4.69) is 27.4 Å². The molecule has 2 atom stereocenters. The highest BCUT2D eigenvalue weighted by atomic mass is 16.4. The number of aliphatic carboxylic acids is 1. The van der Waals surface area contributed by atoms with Crippen LogP contribution >= 0.6 is 0 Å². The lowest BCUT2D eigenvalue weighted by molar-refractivity contribution is -0.137. The Kier molecular flexibility index (Phi) is 7.86. The number of benzene rings is 1. The second-order valence-corrected chi connectivity index (χ2v) is 10.5. The molecule has 8 nitrogen and oxygen atoms in total. The standard InChI is InChI=1S/C29H37N5O3/c1-20-14-26(19-35)32-34(20)27-6-2-4-23(15-27)24(16-28(36)37)18-33-13-11-21(17-33)7-9-25-10-8-22-5-3-12-30-29(22)31-25/h2,4,6,8,10,14-15,21,24,35H,3,5,7,9,11-13,16-19H2,1H3,(H,30,31)(H,36,37)/t21-,24?/m1/s1. The van der Waals surface area contributed by atoms with Crippen molar-refractivity contribution < 1.29 is 15.0 Å². The number of hydrogen-bond acceptors (Lipinski definition) is 6. The molecule has 0 aliphatic carbocycles. The van der Waals surface area contributed by atoms with E-state index in [1.54, 1.807) is 0 Å². The van der Waals surface area contributed by atoms with E-state index in [1.165, 1.54) is 12.0 Å². The van der Waals surface area contributed by atoms with Gasteiger partial charge in [0.1, 0.15) is 5.82 Å². The van der Waals surface area contributed by atoms with Crippen LogP contribution in [0, 0.1) is 12.8 Å². The van der Waals surface area contributed by atoms with Crippen LogP contribution in [0.5, 0.6) is 0 Å². The van der Waals surface area contributed by atoms with Gasteiger partial charge in [-0.25, -0.2) is 9.67 Å². The van der Waals surface area contributed by atoms with Crippen molar-refractivity contribution >= 4 is 11.8 Å². The van der Waals surface area contributed by atoms with Gasteiger partial charge in [0.2, 0.25) is 0 Å². The number of nitrogens with one attached hydrogen (secondary N) is 1. The summed E-state index contributed by atoms with van der Waals surface area (Å²) in [6, 6.07) is 14.3. The smallest absolute Gasteiger partial charge is 0.304 e. The average Bonchev–Trinajstić information content (AvgIpc) is 3.52. The Hall–Kier alpha value is -3.23. The molecule has 0 saturated carbocycles. The molecule has 2 aliphatic heterocycles. The van der Waals surface area contributed by atoms with Gasteiger partial charge in [-0.05, 0) is 86.9 Å². The van der Waals surface area contributed by atoms with Crippen LogP contribution in [0.3, 0.4) is 0 Å². The zero-order valence-corrected chi connectivity index (χ0v) is 21.6. The van der Waals surface area contributed by atoms with Crippen molar-refractivity contribution in [2.75, 3.05) is 31.5 Å². The average molecular weight is 504 g/mol. The van der Waals surface area contributed by atoms with Crippen molar-refractivity contribution in [2.24, 2.45) is 5.92 Å². The van der Waals surface area contributed by atoms with Crippen molar-refractivity contribution in [3.8, 4) is 5.69 Å². The fraction of sp³-hybridized carbons (Fsp3) is 0.483. The second-order valence-electron chi connectivity index (χ2n) is 10.5. The fourth-order valence-electron chi connectivity index (χ4n) is 5.77.